The average Bonchev–Trinajstić information content (AvgIpc) is 3.26. The first-order valence-electron chi connectivity index (χ1n) is 9.48. The molecule has 1 aromatic carbocycles. The van der Waals surface area contributed by atoms with Gasteiger partial charge in [0.15, 0.2) is 17.3 Å². The molecule has 1 atom stereocenters. The second-order valence-electron chi connectivity index (χ2n) is 7.39. The van der Waals surface area contributed by atoms with E-state index in [4.69, 9.17) is 0 Å². The van der Waals surface area contributed by atoms with Crippen molar-refractivity contribution >= 4 is 17.4 Å². The number of nitrogens with zero attached hydrogens (tertiary/aromatic N) is 6. The Kier molecular flexibility index (Phi) is 4.11. The van der Waals surface area contributed by atoms with Gasteiger partial charge in [-0.15, -0.1) is 15.3 Å². The van der Waals surface area contributed by atoms with E-state index in [9.17, 15) is 18.0 Å². The zero-order valence-electron chi connectivity index (χ0n) is 16.5. The minimum atomic E-state index is -4.42. The maximum absolute atomic E-state index is 12.9. The summed E-state index contributed by atoms with van der Waals surface area (Å²) in [5, 5.41) is 19.9. The number of halogens is 3. The molecule has 4 aromatic rings. The van der Waals surface area contributed by atoms with Crippen molar-refractivity contribution in [3.8, 4) is 5.82 Å². The van der Waals surface area contributed by atoms with Crippen molar-refractivity contribution in [2.75, 3.05) is 5.32 Å². The largest absolute Gasteiger partial charge is 0.416 e. The zero-order chi connectivity index (χ0) is 21.9. The normalized spacial score (nSPS) is 16.4. The second-order valence-corrected chi connectivity index (χ2v) is 7.39. The topological polar surface area (TPSA) is 90.0 Å². The van der Waals surface area contributed by atoms with Crippen LogP contribution < -0.4 is 5.32 Å². The van der Waals surface area contributed by atoms with Crippen molar-refractivity contribution in [1.82, 2.24) is 29.6 Å². The van der Waals surface area contributed by atoms with Gasteiger partial charge in [-0.2, -0.15) is 27.5 Å². The molecule has 158 valence electrons. The molecule has 1 aliphatic rings. The number of anilines is 1. The quantitative estimate of drug-likeness (QED) is 0.530. The van der Waals surface area contributed by atoms with Gasteiger partial charge in [-0.3, -0.25) is 4.79 Å². The summed E-state index contributed by atoms with van der Waals surface area (Å²) in [7, 11) is 0. The van der Waals surface area contributed by atoms with Gasteiger partial charge in [0.2, 0.25) is 5.91 Å². The average molecular weight is 427 g/mol. The fourth-order valence-corrected chi connectivity index (χ4v) is 3.90. The number of hydrogen-bond donors (Lipinski definition) is 1. The summed E-state index contributed by atoms with van der Waals surface area (Å²) in [6.45, 7) is 3.56. The van der Waals surface area contributed by atoms with Crippen LogP contribution in [-0.2, 0) is 11.0 Å². The van der Waals surface area contributed by atoms with Gasteiger partial charge in [0, 0.05) is 17.9 Å². The standard InChI is InChI=1S/C20H16F3N7O/c1-10-18-14(12-3-5-13(6-4-12)20(21,22)23)9-17(31)24-19(18)30(27-10)16-8-7-15-26-25-11(2)29(15)28-16/h3-8,14H,9H2,1-2H3,(H,24,31)/t14-/m0/s1. The van der Waals surface area contributed by atoms with Crippen molar-refractivity contribution in [1.29, 1.82) is 0 Å². The van der Waals surface area contributed by atoms with E-state index in [1.165, 1.54) is 16.8 Å². The molecule has 0 saturated heterocycles. The Balaban J connectivity index is 1.61. The number of fused-ring (bicyclic) bond motifs is 2. The highest BCUT2D eigenvalue weighted by atomic mass is 19.4. The molecule has 4 heterocycles. The summed E-state index contributed by atoms with van der Waals surface area (Å²) in [5.41, 5.74) is 1.87. The number of hydrogen-bond acceptors (Lipinski definition) is 5. The van der Waals surface area contributed by atoms with E-state index < -0.39 is 17.7 Å². The fourth-order valence-electron chi connectivity index (χ4n) is 3.90. The number of aryl methyl sites for hydroxylation is 2. The highest BCUT2D eigenvalue weighted by Crippen LogP contribution is 2.40. The van der Waals surface area contributed by atoms with Crippen LogP contribution in [0.5, 0.6) is 0 Å². The number of amides is 1. The molecule has 3 aromatic heterocycles. The minimum Gasteiger partial charge on any atom is -0.310 e. The van der Waals surface area contributed by atoms with Crippen LogP contribution >= 0.6 is 0 Å². The van der Waals surface area contributed by atoms with Gasteiger partial charge < -0.3 is 5.32 Å². The van der Waals surface area contributed by atoms with Crippen LogP contribution in [0.3, 0.4) is 0 Å². The molecule has 0 radical (unpaired) electrons. The summed E-state index contributed by atoms with van der Waals surface area (Å²) in [5.74, 6) is 0.839. The first kappa shape index (κ1) is 19.2. The summed E-state index contributed by atoms with van der Waals surface area (Å²) in [4.78, 5) is 12.5. The Hall–Kier alpha value is -3.76. The van der Waals surface area contributed by atoms with Crippen LogP contribution in [0.15, 0.2) is 36.4 Å². The molecule has 0 spiro atoms. The Morgan fingerprint density at radius 3 is 2.48 bits per heavy atom. The summed E-state index contributed by atoms with van der Waals surface area (Å²) < 4.78 is 41.9. The van der Waals surface area contributed by atoms with E-state index in [0.717, 1.165) is 17.7 Å². The first-order valence-corrected chi connectivity index (χ1v) is 9.48. The molecule has 0 aliphatic carbocycles. The van der Waals surface area contributed by atoms with Crippen LogP contribution in [0.2, 0.25) is 0 Å². The third kappa shape index (κ3) is 3.13. The number of carbonyl (C=O) groups excluding carboxylic acids is 1. The lowest BCUT2D eigenvalue weighted by Crippen LogP contribution is -2.25. The van der Waals surface area contributed by atoms with Crippen molar-refractivity contribution < 1.29 is 18.0 Å². The monoisotopic (exact) mass is 427 g/mol. The number of rotatable bonds is 2. The van der Waals surface area contributed by atoms with Crippen LogP contribution in [0.4, 0.5) is 19.0 Å². The Bertz CT molecular complexity index is 1320. The third-order valence-corrected chi connectivity index (χ3v) is 5.36. The summed E-state index contributed by atoms with van der Waals surface area (Å²) >= 11 is 0. The van der Waals surface area contributed by atoms with E-state index >= 15 is 0 Å². The first-order chi connectivity index (χ1) is 14.7. The molecule has 31 heavy (non-hydrogen) atoms. The SMILES string of the molecule is Cc1nn(-c2ccc3nnc(C)n3n2)c2c1[C@H](c1ccc(C(F)(F)F)cc1)CC(=O)N2. The van der Waals surface area contributed by atoms with Crippen molar-refractivity contribution in [3.05, 3.63) is 64.6 Å². The molecule has 1 aliphatic heterocycles. The fraction of sp³-hybridized carbons (Fsp3) is 0.250. The highest BCUT2D eigenvalue weighted by molar-refractivity contribution is 5.95. The maximum atomic E-state index is 12.9. The molecule has 1 N–H and O–H groups in total. The van der Waals surface area contributed by atoms with Gasteiger partial charge >= 0.3 is 6.18 Å². The molecule has 0 fully saturated rings. The smallest absolute Gasteiger partial charge is 0.310 e. The molecule has 8 nitrogen and oxygen atoms in total. The molecular formula is C20H16F3N7O. The number of alkyl halides is 3. The van der Waals surface area contributed by atoms with Crippen LogP contribution in [-0.4, -0.2) is 35.5 Å². The van der Waals surface area contributed by atoms with Gasteiger partial charge in [-0.25, -0.2) is 0 Å². The maximum Gasteiger partial charge on any atom is 0.416 e. The lowest BCUT2D eigenvalue weighted by atomic mass is 9.85. The van der Waals surface area contributed by atoms with Gasteiger partial charge in [0.05, 0.1) is 11.3 Å². The van der Waals surface area contributed by atoms with Crippen molar-refractivity contribution in [3.63, 3.8) is 0 Å². The van der Waals surface area contributed by atoms with Crippen LogP contribution in [0, 0.1) is 13.8 Å². The van der Waals surface area contributed by atoms with E-state index in [2.05, 4.69) is 25.7 Å². The molecule has 5 rings (SSSR count). The Morgan fingerprint density at radius 2 is 1.77 bits per heavy atom. The summed E-state index contributed by atoms with van der Waals surface area (Å²) in [6, 6.07) is 8.35. The molecule has 0 bridgehead atoms. The number of nitrogens with one attached hydrogen (secondary N) is 1. The number of carbonyl (C=O) groups is 1. The van der Waals surface area contributed by atoms with E-state index in [1.807, 2.05) is 0 Å². The third-order valence-electron chi connectivity index (χ3n) is 5.36. The molecular weight excluding hydrogens is 411 g/mol. The second kappa shape index (κ2) is 6.62. The van der Waals surface area contributed by atoms with Gasteiger partial charge in [0.25, 0.3) is 0 Å². The van der Waals surface area contributed by atoms with E-state index in [-0.39, 0.29) is 12.3 Å². The van der Waals surface area contributed by atoms with E-state index in [1.54, 1.807) is 30.5 Å². The molecule has 0 saturated carbocycles. The van der Waals surface area contributed by atoms with Crippen LogP contribution in [0.25, 0.3) is 11.5 Å². The van der Waals surface area contributed by atoms with E-state index in [0.29, 0.717) is 34.4 Å². The van der Waals surface area contributed by atoms with Gasteiger partial charge in [-0.1, -0.05) is 12.1 Å². The predicted octanol–water partition coefficient (Wildman–Crippen LogP) is 3.42. The van der Waals surface area contributed by atoms with Gasteiger partial charge in [-0.05, 0) is 43.7 Å². The Labute approximate surface area is 173 Å². The van der Waals surface area contributed by atoms with Gasteiger partial charge in [0.1, 0.15) is 5.82 Å². The Morgan fingerprint density at radius 1 is 1.03 bits per heavy atom. The molecule has 11 heteroatoms. The molecule has 0 unspecified atom stereocenters. The molecule has 1 amide bonds. The highest BCUT2D eigenvalue weighted by Gasteiger charge is 2.34. The van der Waals surface area contributed by atoms with Crippen molar-refractivity contribution in [2.24, 2.45) is 0 Å². The predicted molar refractivity (Wildman–Crippen MR) is 104 cm³/mol. The zero-order valence-corrected chi connectivity index (χ0v) is 16.5. The lowest BCUT2D eigenvalue weighted by Gasteiger charge is -2.24. The number of benzene rings is 1. The summed E-state index contributed by atoms with van der Waals surface area (Å²) in [6.07, 6.45) is -4.30. The van der Waals surface area contributed by atoms with Crippen LogP contribution in [0.1, 0.15) is 40.5 Å². The lowest BCUT2D eigenvalue weighted by molar-refractivity contribution is -0.137. The number of aromatic nitrogens is 6. The van der Waals surface area contributed by atoms with Crippen molar-refractivity contribution in [2.45, 2.75) is 32.4 Å². The minimum absolute atomic E-state index is 0.113.